The molecule has 1 atom stereocenters. The molecule has 1 aromatic carbocycles. The Morgan fingerprint density at radius 1 is 1.65 bits per heavy atom. The fourth-order valence-corrected chi connectivity index (χ4v) is 1.88. The van der Waals surface area contributed by atoms with Crippen molar-refractivity contribution in [2.75, 3.05) is 13.7 Å². The lowest BCUT2D eigenvalue weighted by Crippen LogP contribution is -2.22. The summed E-state index contributed by atoms with van der Waals surface area (Å²) >= 11 is 0. The van der Waals surface area contributed by atoms with E-state index in [-0.39, 0.29) is 5.56 Å². The zero-order valence-electron chi connectivity index (χ0n) is 9.20. The highest BCUT2D eigenvalue weighted by molar-refractivity contribution is 5.79. The van der Waals surface area contributed by atoms with E-state index < -0.39 is 17.7 Å². The molecule has 0 N–H and O–H groups in total. The van der Waals surface area contributed by atoms with Crippen molar-refractivity contribution in [3.63, 3.8) is 0 Å². The molecule has 0 fully saturated rings. The molecule has 2 rings (SSSR count). The first-order chi connectivity index (χ1) is 8.17. The van der Waals surface area contributed by atoms with Gasteiger partial charge in [0.25, 0.3) is 0 Å². The van der Waals surface area contributed by atoms with Crippen LogP contribution in [0.2, 0.25) is 0 Å². The second kappa shape index (κ2) is 4.42. The van der Waals surface area contributed by atoms with Crippen molar-refractivity contribution >= 4 is 5.97 Å². The maximum Gasteiger partial charge on any atom is 0.313 e. The minimum atomic E-state index is -0.642. The maximum absolute atomic E-state index is 13.4. The summed E-state index contributed by atoms with van der Waals surface area (Å²) < 4.78 is 23.3. The van der Waals surface area contributed by atoms with E-state index >= 15 is 0 Å². The predicted octanol–water partition coefficient (Wildman–Crippen LogP) is 1.74. The SMILES string of the molecule is COC(=O)C1CCOc2cc(F)c(C#N)cc21. The smallest absolute Gasteiger partial charge is 0.313 e. The minimum absolute atomic E-state index is 0.0943. The van der Waals surface area contributed by atoms with Crippen molar-refractivity contribution in [2.45, 2.75) is 12.3 Å². The van der Waals surface area contributed by atoms with Crippen LogP contribution in [0.3, 0.4) is 0 Å². The first-order valence-corrected chi connectivity index (χ1v) is 5.11. The van der Waals surface area contributed by atoms with Gasteiger partial charge in [-0.25, -0.2) is 4.39 Å². The van der Waals surface area contributed by atoms with Crippen molar-refractivity contribution < 1.29 is 18.7 Å². The number of ether oxygens (including phenoxy) is 2. The van der Waals surface area contributed by atoms with E-state index in [1.54, 1.807) is 6.07 Å². The monoisotopic (exact) mass is 235 g/mol. The molecule has 17 heavy (non-hydrogen) atoms. The Labute approximate surface area is 97.6 Å². The molecule has 1 aliphatic heterocycles. The second-order valence-corrected chi connectivity index (χ2v) is 3.69. The number of carbonyl (C=O) groups is 1. The molecule has 0 bridgehead atoms. The molecule has 1 aromatic rings. The summed E-state index contributed by atoms with van der Waals surface area (Å²) in [5.74, 6) is -1.22. The lowest BCUT2D eigenvalue weighted by molar-refractivity contribution is -0.143. The molecule has 1 aliphatic rings. The fourth-order valence-electron chi connectivity index (χ4n) is 1.88. The highest BCUT2D eigenvalue weighted by Gasteiger charge is 2.29. The molecule has 1 unspecified atom stereocenters. The van der Waals surface area contributed by atoms with Crippen LogP contribution < -0.4 is 4.74 Å². The van der Waals surface area contributed by atoms with E-state index in [9.17, 15) is 9.18 Å². The number of nitriles is 1. The van der Waals surface area contributed by atoms with Crippen LogP contribution in [0.1, 0.15) is 23.5 Å². The van der Waals surface area contributed by atoms with Gasteiger partial charge in [0.05, 0.1) is 25.2 Å². The summed E-state index contributed by atoms with van der Waals surface area (Å²) in [4.78, 5) is 11.6. The number of rotatable bonds is 1. The topological polar surface area (TPSA) is 59.3 Å². The molecule has 88 valence electrons. The Morgan fingerprint density at radius 3 is 3.06 bits per heavy atom. The number of hydrogen-bond donors (Lipinski definition) is 0. The molecule has 0 aromatic heterocycles. The number of esters is 1. The fraction of sp³-hybridized carbons (Fsp3) is 0.333. The average Bonchev–Trinajstić information content (AvgIpc) is 2.36. The molecule has 0 spiro atoms. The lowest BCUT2D eigenvalue weighted by atomic mass is 9.92. The van der Waals surface area contributed by atoms with Gasteiger partial charge < -0.3 is 9.47 Å². The largest absolute Gasteiger partial charge is 0.493 e. The van der Waals surface area contributed by atoms with Crippen LogP contribution in [-0.2, 0) is 9.53 Å². The molecule has 0 saturated carbocycles. The summed E-state index contributed by atoms with van der Waals surface area (Å²) in [6.07, 6.45) is 0.468. The van der Waals surface area contributed by atoms with Crippen molar-refractivity contribution in [1.29, 1.82) is 5.26 Å². The van der Waals surface area contributed by atoms with Gasteiger partial charge in [0.2, 0.25) is 0 Å². The third-order valence-corrected chi connectivity index (χ3v) is 2.75. The standard InChI is InChI=1S/C12H10FNO3/c1-16-12(15)8-2-3-17-11-5-10(13)7(6-14)4-9(8)11/h4-5,8H,2-3H2,1H3. The van der Waals surface area contributed by atoms with E-state index in [0.29, 0.717) is 24.3 Å². The van der Waals surface area contributed by atoms with Crippen molar-refractivity contribution in [2.24, 2.45) is 0 Å². The van der Waals surface area contributed by atoms with Crippen LogP contribution in [-0.4, -0.2) is 19.7 Å². The summed E-state index contributed by atoms with van der Waals surface area (Å²) in [5, 5.41) is 8.76. The van der Waals surface area contributed by atoms with E-state index in [1.165, 1.54) is 13.2 Å². The molecular formula is C12H10FNO3. The molecule has 1 heterocycles. The predicted molar refractivity (Wildman–Crippen MR) is 56.0 cm³/mol. The quantitative estimate of drug-likeness (QED) is 0.695. The van der Waals surface area contributed by atoms with Crippen LogP contribution in [0, 0.1) is 17.1 Å². The molecule has 0 radical (unpaired) electrons. The zero-order chi connectivity index (χ0) is 12.4. The molecule has 4 nitrogen and oxygen atoms in total. The van der Waals surface area contributed by atoms with Crippen LogP contribution in [0.15, 0.2) is 12.1 Å². The van der Waals surface area contributed by atoms with Gasteiger partial charge in [-0.2, -0.15) is 5.26 Å². The Kier molecular flexibility index (Phi) is 2.96. The summed E-state index contributed by atoms with van der Waals surface area (Å²) in [7, 11) is 1.30. The zero-order valence-corrected chi connectivity index (χ0v) is 9.20. The van der Waals surface area contributed by atoms with Gasteiger partial charge in [0.15, 0.2) is 0 Å². The van der Waals surface area contributed by atoms with Gasteiger partial charge >= 0.3 is 5.97 Å². The maximum atomic E-state index is 13.4. The van der Waals surface area contributed by atoms with Gasteiger partial charge in [-0.05, 0) is 12.5 Å². The lowest BCUT2D eigenvalue weighted by Gasteiger charge is -2.24. The molecule has 5 heteroatoms. The summed E-state index contributed by atoms with van der Waals surface area (Å²) in [5.41, 5.74) is 0.421. The van der Waals surface area contributed by atoms with Gasteiger partial charge in [0, 0.05) is 11.6 Å². The Balaban J connectivity index is 2.50. The summed E-state index contributed by atoms with van der Waals surface area (Å²) in [6.45, 7) is 0.331. The Hall–Kier alpha value is -2.09. The van der Waals surface area contributed by atoms with Crippen LogP contribution >= 0.6 is 0 Å². The Bertz CT molecular complexity index is 507. The number of carbonyl (C=O) groups excluding carboxylic acids is 1. The first-order valence-electron chi connectivity index (χ1n) is 5.11. The van der Waals surface area contributed by atoms with Gasteiger partial charge in [0.1, 0.15) is 17.6 Å². The average molecular weight is 235 g/mol. The van der Waals surface area contributed by atoms with Crippen molar-refractivity contribution in [3.8, 4) is 11.8 Å². The van der Waals surface area contributed by atoms with E-state index in [4.69, 9.17) is 10.00 Å². The highest BCUT2D eigenvalue weighted by Crippen LogP contribution is 2.36. The number of halogens is 1. The Morgan fingerprint density at radius 2 is 2.41 bits per heavy atom. The number of fused-ring (bicyclic) bond motifs is 1. The van der Waals surface area contributed by atoms with E-state index in [0.717, 1.165) is 6.07 Å². The van der Waals surface area contributed by atoms with Crippen LogP contribution in [0.5, 0.6) is 5.75 Å². The van der Waals surface area contributed by atoms with Crippen LogP contribution in [0.4, 0.5) is 4.39 Å². The van der Waals surface area contributed by atoms with Crippen molar-refractivity contribution in [1.82, 2.24) is 0 Å². The molecule has 0 amide bonds. The number of benzene rings is 1. The number of nitrogens with zero attached hydrogens (tertiary/aromatic N) is 1. The molecular weight excluding hydrogens is 225 g/mol. The molecule has 0 aliphatic carbocycles. The highest BCUT2D eigenvalue weighted by atomic mass is 19.1. The first kappa shape index (κ1) is 11.4. The van der Waals surface area contributed by atoms with Gasteiger partial charge in [-0.3, -0.25) is 4.79 Å². The van der Waals surface area contributed by atoms with Crippen molar-refractivity contribution in [3.05, 3.63) is 29.1 Å². The van der Waals surface area contributed by atoms with Gasteiger partial charge in [-0.15, -0.1) is 0 Å². The van der Waals surface area contributed by atoms with Gasteiger partial charge in [-0.1, -0.05) is 0 Å². The second-order valence-electron chi connectivity index (χ2n) is 3.69. The number of methoxy groups -OCH3 is 1. The third kappa shape index (κ3) is 1.94. The van der Waals surface area contributed by atoms with Crippen LogP contribution in [0.25, 0.3) is 0 Å². The minimum Gasteiger partial charge on any atom is -0.493 e. The number of hydrogen-bond acceptors (Lipinski definition) is 4. The van der Waals surface area contributed by atoms with E-state index in [1.807, 2.05) is 0 Å². The summed E-state index contributed by atoms with van der Waals surface area (Å²) in [6, 6.07) is 4.23. The normalized spacial score (nSPS) is 17.6. The molecule has 0 saturated heterocycles. The van der Waals surface area contributed by atoms with E-state index in [2.05, 4.69) is 4.74 Å². The third-order valence-electron chi connectivity index (χ3n) is 2.75.